The van der Waals surface area contributed by atoms with Crippen LogP contribution in [0.25, 0.3) is 48.6 Å². The SMILES string of the molecule is [C-]#[N+]c1ccc(N(c2ccccc2)c2ccc3c(c2)C(C)(C)c2c-3c3ccccc3c3cc(N(c4ccc(C#N)cc4)c4ccc(-c5ccccc5)cc4)ccc23)cc1. The second kappa shape index (κ2) is 14.2. The summed E-state index contributed by atoms with van der Waals surface area (Å²) in [6.07, 6.45) is 0. The predicted octanol–water partition coefficient (Wildman–Crippen LogP) is 15.3. The van der Waals surface area contributed by atoms with Gasteiger partial charge in [-0.3, -0.25) is 0 Å². The molecule has 10 rings (SSSR count). The first-order chi connectivity index (χ1) is 28.9. The van der Waals surface area contributed by atoms with Crippen LogP contribution in [0.2, 0.25) is 0 Å². The van der Waals surface area contributed by atoms with Crippen LogP contribution < -0.4 is 9.80 Å². The molecule has 0 aliphatic heterocycles. The quantitative estimate of drug-likeness (QED) is 0.120. The van der Waals surface area contributed by atoms with Gasteiger partial charge >= 0.3 is 0 Å². The van der Waals surface area contributed by atoms with E-state index in [-0.39, 0.29) is 5.41 Å². The molecule has 1 aliphatic rings. The lowest BCUT2D eigenvalue weighted by Gasteiger charge is -2.29. The van der Waals surface area contributed by atoms with E-state index in [1.54, 1.807) is 0 Å². The maximum atomic E-state index is 9.63. The van der Waals surface area contributed by atoms with E-state index in [1.165, 1.54) is 49.4 Å². The maximum absolute atomic E-state index is 9.63. The monoisotopic (exact) mass is 754 g/mol. The van der Waals surface area contributed by atoms with Crippen molar-refractivity contribution in [2.24, 2.45) is 0 Å². The Balaban J connectivity index is 1.14. The molecule has 0 aromatic heterocycles. The number of para-hydroxylation sites is 1. The molecule has 0 bridgehead atoms. The summed E-state index contributed by atoms with van der Waals surface area (Å²) in [5.41, 5.74) is 14.6. The van der Waals surface area contributed by atoms with Crippen molar-refractivity contribution in [3.05, 3.63) is 222 Å². The largest absolute Gasteiger partial charge is 0.311 e. The summed E-state index contributed by atoms with van der Waals surface area (Å²) in [6, 6.07) is 70.2. The number of rotatable bonds is 7. The van der Waals surface area contributed by atoms with E-state index < -0.39 is 0 Å². The zero-order valence-electron chi connectivity index (χ0n) is 32.8. The summed E-state index contributed by atoms with van der Waals surface area (Å²) >= 11 is 0. The Bertz CT molecular complexity index is 3120. The zero-order valence-corrected chi connectivity index (χ0v) is 32.8. The Morgan fingerprint density at radius 2 is 0.983 bits per heavy atom. The summed E-state index contributed by atoms with van der Waals surface area (Å²) in [5, 5.41) is 14.5. The van der Waals surface area contributed by atoms with E-state index in [9.17, 15) is 5.26 Å². The molecule has 0 N–H and O–H groups in total. The minimum absolute atomic E-state index is 0.319. The van der Waals surface area contributed by atoms with Crippen molar-refractivity contribution in [3.8, 4) is 28.3 Å². The summed E-state index contributed by atoms with van der Waals surface area (Å²) in [4.78, 5) is 8.20. The Morgan fingerprint density at radius 3 is 1.63 bits per heavy atom. The van der Waals surface area contributed by atoms with Crippen LogP contribution in [0.15, 0.2) is 194 Å². The van der Waals surface area contributed by atoms with Gasteiger partial charge in [-0.15, -0.1) is 0 Å². The molecule has 0 radical (unpaired) electrons. The number of fused-ring (bicyclic) bond motifs is 8. The normalized spacial score (nSPS) is 12.3. The molecule has 9 aromatic rings. The maximum Gasteiger partial charge on any atom is 0.187 e. The van der Waals surface area contributed by atoms with Crippen LogP contribution in [0.4, 0.5) is 39.8 Å². The van der Waals surface area contributed by atoms with Gasteiger partial charge in [-0.1, -0.05) is 123 Å². The number of anilines is 6. The lowest BCUT2D eigenvalue weighted by molar-refractivity contribution is 0.666. The van der Waals surface area contributed by atoms with Crippen LogP contribution in [0, 0.1) is 17.9 Å². The van der Waals surface area contributed by atoms with Crippen molar-refractivity contribution in [1.82, 2.24) is 0 Å². The number of hydrogen-bond acceptors (Lipinski definition) is 3. The third kappa shape index (κ3) is 5.98. The van der Waals surface area contributed by atoms with Gasteiger partial charge < -0.3 is 9.80 Å². The summed E-state index contributed by atoms with van der Waals surface area (Å²) < 4.78 is 0. The molecule has 0 heterocycles. The molecule has 59 heavy (non-hydrogen) atoms. The number of hydrogen-bond donors (Lipinski definition) is 0. The first-order valence-electron chi connectivity index (χ1n) is 19.9. The van der Waals surface area contributed by atoms with Gasteiger partial charge in [-0.25, -0.2) is 4.85 Å². The smallest absolute Gasteiger partial charge is 0.187 e. The molecule has 0 atom stereocenters. The molecule has 0 unspecified atom stereocenters. The van der Waals surface area contributed by atoms with Crippen LogP contribution in [-0.2, 0) is 5.41 Å². The van der Waals surface area contributed by atoms with Crippen LogP contribution in [-0.4, -0.2) is 0 Å². The molecule has 0 saturated heterocycles. The van der Waals surface area contributed by atoms with Gasteiger partial charge in [0.15, 0.2) is 5.69 Å². The van der Waals surface area contributed by atoms with E-state index in [0.717, 1.165) is 39.7 Å². The topological polar surface area (TPSA) is 34.6 Å². The third-order valence-electron chi connectivity index (χ3n) is 11.8. The van der Waals surface area contributed by atoms with Gasteiger partial charge in [0.2, 0.25) is 0 Å². The average molecular weight is 755 g/mol. The highest BCUT2D eigenvalue weighted by Crippen LogP contribution is 2.56. The number of benzene rings is 9. The van der Waals surface area contributed by atoms with Crippen LogP contribution in [0.5, 0.6) is 0 Å². The minimum atomic E-state index is -0.319. The lowest BCUT2D eigenvalue weighted by atomic mass is 9.79. The van der Waals surface area contributed by atoms with Gasteiger partial charge in [0.05, 0.1) is 18.2 Å². The highest BCUT2D eigenvalue weighted by molar-refractivity contribution is 6.19. The fourth-order valence-electron chi connectivity index (χ4n) is 9.05. The molecular weight excluding hydrogens is 717 g/mol. The first kappa shape index (κ1) is 35.5. The minimum Gasteiger partial charge on any atom is -0.311 e. The summed E-state index contributed by atoms with van der Waals surface area (Å²) in [5.74, 6) is 0. The van der Waals surface area contributed by atoms with E-state index >= 15 is 0 Å². The van der Waals surface area contributed by atoms with Gasteiger partial charge in [-0.2, -0.15) is 5.26 Å². The molecular formula is C55H38N4. The van der Waals surface area contributed by atoms with E-state index in [1.807, 2.05) is 60.7 Å². The first-order valence-corrected chi connectivity index (χ1v) is 19.9. The Kier molecular flexibility index (Phi) is 8.56. The molecule has 1 aliphatic carbocycles. The van der Waals surface area contributed by atoms with Crippen molar-refractivity contribution in [3.63, 3.8) is 0 Å². The standard InChI is InChI=1S/C55H38N4/c1-55(2)52-35-46(58(41-14-8-5-9-15-41)44-28-22-40(57-3)23-29-44)31-33-50(52)53-48-17-11-10-16-47(48)51-34-45(30-32-49(51)54(53)55)59(42-24-18-37(36-56)19-25-42)43-26-20-39(21-27-43)38-12-6-4-7-13-38/h4-35H,1-2H3. The van der Waals surface area contributed by atoms with Crippen molar-refractivity contribution in [2.45, 2.75) is 19.3 Å². The number of nitriles is 1. The zero-order chi connectivity index (χ0) is 40.1. The van der Waals surface area contributed by atoms with Crippen molar-refractivity contribution < 1.29 is 0 Å². The van der Waals surface area contributed by atoms with E-state index in [4.69, 9.17) is 6.57 Å². The predicted molar refractivity (Wildman–Crippen MR) is 245 cm³/mol. The molecule has 0 amide bonds. The third-order valence-corrected chi connectivity index (χ3v) is 11.8. The van der Waals surface area contributed by atoms with E-state index in [0.29, 0.717) is 11.3 Å². The molecule has 0 spiro atoms. The average Bonchev–Trinajstić information content (AvgIpc) is 3.54. The van der Waals surface area contributed by atoms with Crippen LogP contribution in [0.3, 0.4) is 0 Å². The van der Waals surface area contributed by atoms with Crippen molar-refractivity contribution in [2.75, 3.05) is 9.80 Å². The van der Waals surface area contributed by atoms with Gasteiger partial charge in [-0.05, 0) is 140 Å². The fraction of sp³-hybridized carbons (Fsp3) is 0.0545. The Morgan fingerprint density at radius 1 is 0.475 bits per heavy atom. The van der Waals surface area contributed by atoms with Gasteiger partial charge in [0.1, 0.15) is 0 Å². The molecule has 4 nitrogen and oxygen atoms in total. The summed E-state index contributed by atoms with van der Waals surface area (Å²) in [6.45, 7) is 12.2. The van der Waals surface area contributed by atoms with Gasteiger partial charge in [0.25, 0.3) is 0 Å². The molecule has 0 saturated carbocycles. The van der Waals surface area contributed by atoms with Crippen LogP contribution in [0.1, 0.15) is 30.5 Å². The number of nitrogens with zero attached hydrogens (tertiary/aromatic N) is 4. The Labute approximate surface area is 344 Å². The molecule has 0 fully saturated rings. The summed E-state index contributed by atoms with van der Waals surface area (Å²) in [7, 11) is 0. The van der Waals surface area contributed by atoms with Crippen molar-refractivity contribution >= 4 is 61.4 Å². The fourth-order valence-corrected chi connectivity index (χ4v) is 9.05. The molecule has 9 aromatic carbocycles. The highest BCUT2D eigenvalue weighted by Gasteiger charge is 2.39. The van der Waals surface area contributed by atoms with Crippen LogP contribution >= 0.6 is 0 Å². The van der Waals surface area contributed by atoms with E-state index in [2.05, 4.69) is 168 Å². The Hall–Kier alpha value is -7.92. The molecule has 278 valence electrons. The highest BCUT2D eigenvalue weighted by atomic mass is 15.1. The van der Waals surface area contributed by atoms with Crippen molar-refractivity contribution in [1.29, 1.82) is 5.26 Å². The second-order valence-electron chi connectivity index (χ2n) is 15.6. The van der Waals surface area contributed by atoms with Gasteiger partial charge in [0, 0.05) is 39.5 Å². The lowest BCUT2D eigenvalue weighted by Crippen LogP contribution is -2.17. The second-order valence-corrected chi connectivity index (χ2v) is 15.6. The molecule has 4 heteroatoms.